The van der Waals surface area contributed by atoms with Gasteiger partial charge in [0.25, 0.3) is 5.91 Å². The standard InChI is InChI=1S/C14H11FN2O4/c1-8-13(21-7-16-8)14(20)17-11-4-2-9(6-10(11)15)3-5-12(18)19/h2-7H,1H3,(H,17,20)(H,18,19)/b5-3+. The summed E-state index contributed by atoms with van der Waals surface area (Å²) in [6.07, 6.45) is 3.27. The molecule has 6 nitrogen and oxygen atoms in total. The van der Waals surface area contributed by atoms with Crippen LogP contribution in [-0.4, -0.2) is 22.0 Å². The molecule has 0 unspecified atom stereocenters. The molecule has 0 bridgehead atoms. The molecule has 1 aromatic heterocycles. The maximum absolute atomic E-state index is 13.8. The van der Waals surface area contributed by atoms with Crippen LogP contribution < -0.4 is 5.32 Å². The second kappa shape index (κ2) is 6.00. The van der Waals surface area contributed by atoms with Crippen LogP contribution >= 0.6 is 0 Å². The lowest BCUT2D eigenvalue weighted by Crippen LogP contribution is -2.13. The number of carbonyl (C=O) groups is 2. The summed E-state index contributed by atoms with van der Waals surface area (Å²) in [4.78, 5) is 26.0. The third-order valence-corrected chi connectivity index (χ3v) is 2.61. The lowest BCUT2D eigenvalue weighted by Gasteiger charge is -2.05. The number of hydrogen-bond acceptors (Lipinski definition) is 4. The highest BCUT2D eigenvalue weighted by molar-refractivity contribution is 6.03. The Morgan fingerprint density at radius 1 is 1.43 bits per heavy atom. The van der Waals surface area contributed by atoms with Crippen molar-refractivity contribution in [3.05, 3.63) is 53.5 Å². The van der Waals surface area contributed by atoms with Gasteiger partial charge in [-0.05, 0) is 30.7 Å². The Balaban J connectivity index is 2.16. The van der Waals surface area contributed by atoms with Gasteiger partial charge in [0.05, 0.1) is 11.4 Å². The maximum atomic E-state index is 13.8. The van der Waals surface area contributed by atoms with Gasteiger partial charge in [0.2, 0.25) is 5.76 Å². The van der Waals surface area contributed by atoms with E-state index in [1.54, 1.807) is 6.92 Å². The third-order valence-electron chi connectivity index (χ3n) is 2.61. The van der Waals surface area contributed by atoms with Crippen molar-refractivity contribution >= 4 is 23.6 Å². The zero-order valence-corrected chi connectivity index (χ0v) is 11.0. The second-order valence-electron chi connectivity index (χ2n) is 4.13. The summed E-state index contributed by atoms with van der Waals surface area (Å²) >= 11 is 0. The quantitative estimate of drug-likeness (QED) is 0.844. The van der Waals surface area contributed by atoms with Crippen molar-refractivity contribution in [2.45, 2.75) is 6.92 Å². The molecule has 0 aliphatic heterocycles. The van der Waals surface area contributed by atoms with Gasteiger partial charge in [-0.2, -0.15) is 0 Å². The maximum Gasteiger partial charge on any atom is 0.328 e. The van der Waals surface area contributed by atoms with E-state index >= 15 is 0 Å². The van der Waals surface area contributed by atoms with Crippen molar-refractivity contribution in [2.24, 2.45) is 0 Å². The molecule has 7 heteroatoms. The Bertz CT molecular complexity index is 722. The molecule has 0 saturated carbocycles. The fourth-order valence-electron chi connectivity index (χ4n) is 1.60. The number of amides is 1. The molecule has 108 valence electrons. The highest BCUT2D eigenvalue weighted by atomic mass is 19.1. The van der Waals surface area contributed by atoms with E-state index in [4.69, 9.17) is 9.52 Å². The van der Waals surface area contributed by atoms with E-state index in [9.17, 15) is 14.0 Å². The average Bonchev–Trinajstić information content (AvgIpc) is 2.85. The molecule has 2 N–H and O–H groups in total. The highest BCUT2D eigenvalue weighted by Crippen LogP contribution is 2.18. The van der Waals surface area contributed by atoms with Gasteiger partial charge in [-0.1, -0.05) is 6.07 Å². The average molecular weight is 290 g/mol. The molecule has 0 aliphatic rings. The molecule has 0 fully saturated rings. The summed E-state index contributed by atoms with van der Waals surface area (Å²) in [5, 5.41) is 10.9. The minimum atomic E-state index is -1.13. The fraction of sp³-hybridized carbons (Fsp3) is 0.0714. The highest BCUT2D eigenvalue weighted by Gasteiger charge is 2.15. The number of aryl methyl sites for hydroxylation is 1. The van der Waals surface area contributed by atoms with Crippen LogP contribution in [0.5, 0.6) is 0 Å². The van der Waals surface area contributed by atoms with Gasteiger partial charge in [0.1, 0.15) is 5.82 Å². The smallest absolute Gasteiger partial charge is 0.328 e. The number of benzene rings is 1. The summed E-state index contributed by atoms with van der Waals surface area (Å²) in [6, 6.07) is 3.92. The lowest BCUT2D eigenvalue weighted by molar-refractivity contribution is -0.131. The van der Waals surface area contributed by atoms with Gasteiger partial charge >= 0.3 is 5.97 Å². The first-order valence-electron chi connectivity index (χ1n) is 5.89. The van der Waals surface area contributed by atoms with Crippen LogP contribution in [0.1, 0.15) is 21.8 Å². The lowest BCUT2D eigenvalue weighted by atomic mass is 10.2. The Morgan fingerprint density at radius 3 is 2.76 bits per heavy atom. The second-order valence-corrected chi connectivity index (χ2v) is 4.13. The monoisotopic (exact) mass is 290 g/mol. The molecule has 2 aromatic rings. The largest absolute Gasteiger partial charge is 0.478 e. The number of nitrogens with one attached hydrogen (secondary N) is 1. The zero-order valence-electron chi connectivity index (χ0n) is 11.0. The molecular formula is C14H11FN2O4. The van der Waals surface area contributed by atoms with Gasteiger partial charge in [0.15, 0.2) is 6.39 Å². The minimum absolute atomic E-state index is 0.00393. The van der Waals surface area contributed by atoms with Crippen molar-refractivity contribution < 1.29 is 23.5 Å². The number of anilines is 1. The number of aromatic nitrogens is 1. The van der Waals surface area contributed by atoms with Crippen molar-refractivity contribution in [1.29, 1.82) is 0 Å². The Morgan fingerprint density at radius 2 is 2.19 bits per heavy atom. The van der Waals surface area contributed by atoms with E-state index < -0.39 is 17.7 Å². The number of carboxylic acids is 1. The van der Waals surface area contributed by atoms with Crippen LogP contribution in [0.4, 0.5) is 10.1 Å². The molecular weight excluding hydrogens is 279 g/mol. The van der Waals surface area contributed by atoms with Crippen molar-refractivity contribution in [3.63, 3.8) is 0 Å². The molecule has 1 amide bonds. The molecule has 1 aromatic carbocycles. The van der Waals surface area contributed by atoms with E-state index in [0.29, 0.717) is 11.3 Å². The number of carboxylic acid groups (broad SMARTS) is 1. The number of aliphatic carboxylic acids is 1. The number of rotatable bonds is 4. The molecule has 0 atom stereocenters. The molecule has 0 spiro atoms. The third kappa shape index (κ3) is 3.53. The van der Waals surface area contributed by atoms with E-state index in [1.807, 2.05) is 0 Å². The van der Waals surface area contributed by atoms with Crippen LogP contribution in [0.15, 0.2) is 35.1 Å². The van der Waals surface area contributed by atoms with Crippen molar-refractivity contribution in [3.8, 4) is 0 Å². The van der Waals surface area contributed by atoms with Crippen molar-refractivity contribution in [2.75, 3.05) is 5.32 Å². The molecule has 21 heavy (non-hydrogen) atoms. The number of carbonyl (C=O) groups excluding carboxylic acids is 1. The van der Waals surface area contributed by atoms with Gasteiger partial charge in [-0.3, -0.25) is 4.79 Å². The van der Waals surface area contributed by atoms with Gasteiger partial charge in [-0.15, -0.1) is 0 Å². The minimum Gasteiger partial charge on any atom is -0.478 e. The van der Waals surface area contributed by atoms with E-state index in [0.717, 1.165) is 18.5 Å². The Labute approximate surface area is 118 Å². The molecule has 1 heterocycles. The zero-order chi connectivity index (χ0) is 15.4. The van der Waals surface area contributed by atoms with Crippen LogP contribution in [0.3, 0.4) is 0 Å². The van der Waals surface area contributed by atoms with Gasteiger partial charge in [-0.25, -0.2) is 14.2 Å². The molecule has 0 radical (unpaired) electrons. The van der Waals surface area contributed by atoms with Crippen molar-refractivity contribution in [1.82, 2.24) is 4.98 Å². The number of oxazole rings is 1. The Kier molecular flexibility index (Phi) is 4.13. The van der Waals surface area contributed by atoms with E-state index in [2.05, 4.69) is 10.3 Å². The topological polar surface area (TPSA) is 92.4 Å². The normalized spacial score (nSPS) is 10.8. The SMILES string of the molecule is Cc1ncoc1C(=O)Nc1ccc(/C=C/C(=O)O)cc1F. The van der Waals surface area contributed by atoms with E-state index in [1.165, 1.54) is 18.2 Å². The van der Waals surface area contributed by atoms with Gasteiger partial charge < -0.3 is 14.8 Å². The predicted octanol–water partition coefficient (Wildman–Crippen LogP) is 2.47. The first kappa shape index (κ1) is 14.4. The molecule has 0 saturated heterocycles. The van der Waals surface area contributed by atoms with Gasteiger partial charge in [0, 0.05) is 6.08 Å². The van der Waals surface area contributed by atoms with E-state index in [-0.39, 0.29) is 11.4 Å². The fourth-order valence-corrected chi connectivity index (χ4v) is 1.60. The van der Waals surface area contributed by atoms with Crippen LogP contribution in [0.2, 0.25) is 0 Å². The number of hydrogen-bond donors (Lipinski definition) is 2. The Hall–Kier alpha value is -2.96. The van der Waals surface area contributed by atoms with Crippen LogP contribution in [-0.2, 0) is 4.79 Å². The summed E-state index contributed by atoms with van der Waals surface area (Å²) in [5.41, 5.74) is 0.723. The summed E-state index contributed by atoms with van der Waals surface area (Å²) in [7, 11) is 0. The number of halogens is 1. The summed E-state index contributed by atoms with van der Waals surface area (Å²) < 4.78 is 18.7. The molecule has 2 rings (SSSR count). The predicted molar refractivity (Wildman–Crippen MR) is 72.3 cm³/mol. The summed E-state index contributed by atoms with van der Waals surface area (Å²) in [5.74, 6) is -2.43. The first-order valence-corrected chi connectivity index (χ1v) is 5.89. The van der Waals surface area contributed by atoms with Crippen LogP contribution in [0, 0.1) is 12.7 Å². The summed E-state index contributed by atoms with van der Waals surface area (Å²) in [6.45, 7) is 1.59. The molecule has 0 aliphatic carbocycles. The number of nitrogens with zero attached hydrogens (tertiary/aromatic N) is 1. The van der Waals surface area contributed by atoms with Crippen LogP contribution in [0.25, 0.3) is 6.08 Å². The first-order chi connectivity index (χ1) is 9.97.